The molecule has 1 unspecified atom stereocenters. The van der Waals surface area contributed by atoms with Crippen LogP contribution in [0.3, 0.4) is 0 Å². The number of carbonyl (C=O) groups excluding carboxylic acids is 1. The third-order valence-electron chi connectivity index (χ3n) is 2.76. The lowest BCUT2D eigenvalue weighted by molar-refractivity contribution is -0.143. The number of benzene rings is 1. The molecule has 0 heterocycles. The van der Waals surface area contributed by atoms with Gasteiger partial charge in [-0.1, -0.05) is 36.5 Å². The minimum absolute atomic E-state index is 0.283. The number of carboxylic acids is 1. The van der Waals surface area contributed by atoms with Gasteiger partial charge in [-0.3, -0.25) is 4.79 Å². The van der Waals surface area contributed by atoms with Crippen molar-refractivity contribution in [1.82, 2.24) is 5.32 Å². The van der Waals surface area contributed by atoms with Crippen LogP contribution in [0, 0.1) is 0 Å². The third-order valence-corrected chi connectivity index (χ3v) is 3.29. The number of rotatable bonds is 7. The average Bonchev–Trinajstić information content (AvgIpc) is 2.41. The highest BCUT2D eigenvalue weighted by molar-refractivity contribution is 6.35. The van der Waals surface area contributed by atoms with Gasteiger partial charge in [0.05, 0.1) is 5.02 Å². The Morgan fingerprint density at radius 2 is 2.05 bits per heavy atom. The summed E-state index contributed by atoms with van der Waals surface area (Å²) in [6.07, 6.45) is 0.132. The first-order valence-electron chi connectivity index (χ1n) is 6.50. The van der Waals surface area contributed by atoms with E-state index in [1.165, 1.54) is 13.0 Å². The summed E-state index contributed by atoms with van der Waals surface area (Å²) in [7, 11) is 0. The zero-order chi connectivity index (χ0) is 16.0. The zero-order valence-corrected chi connectivity index (χ0v) is 13.2. The van der Waals surface area contributed by atoms with Crippen molar-refractivity contribution in [2.24, 2.45) is 0 Å². The molecule has 0 aromatic heterocycles. The number of ether oxygens (including phenoxy) is 1. The highest BCUT2D eigenvalue weighted by Gasteiger charge is 2.23. The number of nitrogens with one attached hydrogen (secondary N) is 1. The molecule has 0 radical (unpaired) electrons. The first kappa shape index (κ1) is 17.6. The molecule has 116 valence electrons. The quantitative estimate of drug-likeness (QED) is 0.803. The van der Waals surface area contributed by atoms with E-state index in [1.54, 1.807) is 12.1 Å². The Balaban J connectivity index is 2.67. The molecule has 1 amide bonds. The van der Waals surface area contributed by atoms with Crippen molar-refractivity contribution in [1.29, 1.82) is 0 Å². The lowest BCUT2D eigenvalue weighted by Crippen LogP contribution is -2.46. The summed E-state index contributed by atoms with van der Waals surface area (Å²) >= 11 is 11.7. The van der Waals surface area contributed by atoms with E-state index in [0.29, 0.717) is 23.6 Å². The highest BCUT2D eigenvalue weighted by atomic mass is 35.5. The zero-order valence-electron chi connectivity index (χ0n) is 11.7. The predicted molar refractivity (Wildman–Crippen MR) is 81.0 cm³/mol. The summed E-state index contributed by atoms with van der Waals surface area (Å²) in [4.78, 5) is 23.0. The average molecular weight is 334 g/mol. The molecule has 2 atom stereocenters. The van der Waals surface area contributed by atoms with Gasteiger partial charge in [-0.15, -0.1) is 0 Å². The molecule has 0 aliphatic heterocycles. The summed E-state index contributed by atoms with van der Waals surface area (Å²) in [6.45, 7) is 3.36. The molecule has 2 N–H and O–H groups in total. The molecule has 0 saturated heterocycles. The molecule has 21 heavy (non-hydrogen) atoms. The number of aliphatic carboxylic acids is 1. The number of hydrogen-bond donors (Lipinski definition) is 2. The lowest BCUT2D eigenvalue weighted by Gasteiger charge is -2.19. The van der Waals surface area contributed by atoms with E-state index in [-0.39, 0.29) is 5.02 Å². The van der Waals surface area contributed by atoms with Crippen molar-refractivity contribution >= 4 is 35.1 Å². The smallest absolute Gasteiger partial charge is 0.326 e. The summed E-state index contributed by atoms with van der Waals surface area (Å²) in [5.74, 6) is -1.27. The SMILES string of the molecule is CCC[C@H](NC(=O)C(C)Oc1ccc(Cl)cc1Cl)C(=O)O. The van der Waals surface area contributed by atoms with Crippen LogP contribution in [0.5, 0.6) is 5.75 Å². The molecule has 0 spiro atoms. The Bertz CT molecular complexity index is 522. The maximum Gasteiger partial charge on any atom is 0.326 e. The van der Waals surface area contributed by atoms with Gasteiger partial charge in [0.25, 0.3) is 5.91 Å². The first-order valence-corrected chi connectivity index (χ1v) is 7.25. The van der Waals surface area contributed by atoms with Gasteiger partial charge >= 0.3 is 5.97 Å². The molecule has 1 aromatic rings. The summed E-state index contributed by atoms with van der Waals surface area (Å²) in [5, 5.41) is 12.2. The van der Waals surface area contributed by atoms with E-state index in [2.05, 4.69) is 5.32 Å². The minimum Gasteiger partial charge on any atom is -0.480 e. The molecule has 7 heteroatoms. The second-order valence-electron chi connectivity index (χ2n) is 4.52. The molecule has 0 aliphatic carbocycles. The van der Waals surface area contributed by atoms with E-state index >= 15 is 0 Å². The molecule has 0 aliphatic rings. The van der Waals surface area contributed by atoms with Gasteiger partial charge in [-0.2, -0.15) is 0 Å². The van der Waals surface area contributed by atoms with Gasteiger partial charge in [0.15, 0.2) is 6.10 Å². The highest BCUT2D eigenvalue weighted by Crippen LogP contribution is 2.28. The predicted octanol–water partition coefficient (Wildman–Crippen LogP) is 3.13. The van der Waals surface area contributed by atoms with Crippen molar-refractivity contribution in [3.8, 4) is 5.75 Å². The maximum atomic E-state index is 11.9. The van der Waals surface area contributed by atoms with Crippen molar-refractivity contribution in [2.75, 3.05) is 0 Å². The fourth-order valence-corrected chi connectivity index (χ4v) is 2.10. The Kier molecular flexibility index (Phi) is 6.78. The van der Waals surface area contributed by atoms with Crippen molar-refractivity contribution in [3.63, 3.8) is 0 Å². The van der Waals surface area contributed by atoms with Gasteiger partial charge in [0, 0.05) is 5.02 Å². The van der Waals surface area contributed by atoms with Crippen LogP contribution in [0.15, 0.2) is 18.2 Å². The lowest BCUT2D eigenvalue weighted by atomic mass is 10.1. The minimum atomic E-state index is -1.07. The molecule has 0 fully saturated rings. The van der Waals surface area contributed by atoms with Gasteiger partial charge in [-0.25, -0.2) is 4.79 Å². The van der Waals surface area contributed by atoms with Crippen LogP contribution in [0.4, 0.5) is 0 Å². The van der Waals surface area contributed by atoms with Gasteiger partial charge in [0.2, 0.25) is 0 Å². The molecule has 0 bridgehead atoms. The topological polar surface area (TPSA) is 75.6 Å². The Morgan fingerprint density at radius 1 is 1.38 bits per heavy atom. The molecule has 0 saturated carbocycles. The van der Waals surface area contributed by atoms with E-state index in [0.717, 1.165) is 0 Å². The standard InChI is InChI=1S/C14H17Cl2NO4/c1-3-4-11(14(19)20)17-13(18)8(2)21-12-6-5-9(15)7-10(12)16/h5-8,11H,3-4H2,1-2H3,(H,17,18)(H,19,20)/t8?,11-/m0/s1. The van der Waals surface area contributed by atoms with Crippen molar-refractivity contribution in [2.45, 2.75) is 38.8 Å². The van der Waals surface area contributed by atoms with Crippen LogP contribution in [0.25, 0.3) is 0 Å². The van der Waals surface area contributed by atoms with Crippen molar-refractivity contribution < 1.29 is 19.4 Å². The van der Waals surface area contributed by atoms with Crippen LogP contribution in [0.2, 0.25) is 10.0 Å². The molecular weight excluding hydrogens is 317 g/mol. The molecule has 5 nitrogen and oxygen atoms in total. The number of amides is 1. The second-order valence-corrected chi connectivity index (χ2v) is 5.37. The number of carboxylic acid groups (broad SMARTS) is 1. The molecular formula is C14H17Cl2NO4. The van der Waals surface area contributed by atoms with E-state index in [9.17, 15) is 9.59 Å². The van der Waals surface area contributed by atoms with E-state index in [4.69, 9.17) is 33.0 Å². The van der Waals surface area contributed by atoms with Gasteiger partial charge < -0.3 is 15.2 Å². The third kappa shape index (κ3) is 5.44. The molecule has 1 rings (SSSR count). The van der Waals surface area contributed by atoms with Crippen LogP contribution in [0.1, 0.15) is 26.7 Å². The van der Waals surface area contributed by atoms with Gasteiger partial charge in [0.1, 0.15) is 11.8 Å². The number of hydrogen-bond acceptors (Lipinski definition) is 3. The van der Waals surface area contributed by atoms with Crippen LogP contribution >= 0.6 is 23.2 Å². The van der Waals surface area contributed by atoms with E-state index < -0.39 is 24.0 Å². The summed E-state index contributed by atoms with van der Waals surface area (Å²) in [6, 6.07) is 3.72. The first-order chi connectivity index (χ1) is 9.85. The van der Waals surface area contributed by atoms with Crippen LogP contribution in [-0.4, -0.2) is 29.1 Å². The monoisotopic (exact) mass is 333 g/mol. The largest absolute Gasteiger partial charge is 0.480 e. The Morgan fingerprint density at radius 3 is 2.57 bits per heavy atom. The molecule has 1 aromatic carbocycles. The summed E-state index contributed by atoms with van der Waals surface area (Å²) < 4.78 is 5.43. The Labute approximate surface area is 133 Å². The maximum absolute atomic E-state index is 11.9. The number of halogens is 2. The summed E-state index contributed by atoms with van der Waals surface area (Å²) in [5.41, 5.74) is 0. The second kappa shape index (κ2) is 8.10. The van der Waals surface area contributed by atoms with Gasteiger partial charge in [-0.05, 0) is 31.5 Å². The van der Waals surface area contributed by atoms with Crippen LogP contribution in [-0.2, 0) is 9.59 Å². The fraction of sp³-hybridized carbons (Fsp3) is 0.429. The normalized spacial score (nSPS) is 13.3. The fourth-order valence-electron chi connectivity index (χ4n) is 1.65. The number of carbonyl (C=O) groups is 2. The Hall–Kier alpha value is -1.46. The van der Waals surface area contributed by atoms with Crippen LogP contribution < -0.4 is 10.1 Å². The van der Waals surface area contributed by atoms with Crippen molar-refractivity contribution in [3.05, 3.63) is 28.2 Å². The van der Waals surface area contributed by atoms with E-state index in [1.807, 2.05) is 6.92 Å².